The average Bonchev–Trinajstić information content (AvgIpc) is 2.99. The molecular weight excluding hydrogens is 258 g/mol. The summed E-state index contributed by atoms with van der Waals surface area (Å²) in [5.74, 6) is 1.92. The van der Waals surface area contributed by atoms with E-state index in [0.717, 1.165) is 42.7 Å². The Bertz CT molecular complexity index is 506. The maximum absolute atomic E-state index is 5.58. The van der Waals surface area contributed by atoms with Crippen molar-refractivity contribution >= 4 is 16.5 Å². The third-order valence-corrected chi connectivity index (χ3v) is 3.89. The van der Waals surface area contributed by atoms with E-state index in [1.165, 1.54) is 4.88 Å². The van der Waals surface area contributed by atoms with Crippen LogP contribution in [0.4, 0.5) is 5.13 Å². The number of furan rings is 1. The zero-order valence-corrected chi connectivity index (χ0v) is 12.6. The lowest BCUT2D eigenvalue weighted by Gasteiger charge is -2.13. The van der Waals surface area contributed by atoms with Gasteiger partial charge in [-0.15, -0.1) is 11.3 Å². The molecule has 104 valence electrons. The Hall–Kier alpha value is -1.33. The largest absolute Gasteiger partial charge is 0.464 e. The van der Waals surface area contributed by atoms with Gasteiger partial charge in [0.25, 0.3) is 0 Å². The van der Waals surface area contributed by atoms with Crippen LogP contribution in [0.3, 0.4) is 0 Å². The second kappa shape index (κ2) is 6.73. The average molecular weight is 279 g/mol. The third-order valence-electron chi connectivity index (χ3n) is 2.78. The van der Waals surface area contributed by atoms with Crippen molar-refractivity contribution in [3.63, 3.8) is 0 Å². The summed E-state index contributed by atoms with van der Waals surface area (Å²) in [6, 6.07) is 4.01. The predicted octanol–water partition coefficient (Wildman–Crippen LogP) is 3.18. The van der Waals surface area contributed by atoms with Crippen LogP contribution in [0.1, 0.15) is 29.7 Å². The summed E-state index contributed by atoms with van der Waals surface area (Å²) >= 11 is 1.73. The van der Waals surface area contributed by atoms with Crippen molar-refractivity contribution in [3.8, 4) is 0 Å². The second-order valence-electron chi connectivity index (χ2n) is 4.65. The first-order chi connectivity index (χ1) is 9.19. The molecule has 5 heteroatoms. The van der Waals surface area contributed by atoms with E-state index in [1.54, 1.807) is 11.3 Å². The number of rotatable bonds is 7. The van der Waals surface area contributed by atoms with E-state index in [2.05, 4.69) is 22.1 Å². The topological polar surface area (TPSA) is 41.3 Å². The standard InChI is InChI=1S/C14H21N3OS/c1-4-7-15-8-13-9-16-14(19-13)17(3)10-12-6-5-11(2)18-12/h5-6,9,15H,4,7-8,10H2,1-3H3. The minimum atomic E-state index is 0.753. The van der Waals surface area contributed by atoms with Crippen molar-refractivity contribution in [1.82, 2.24) is 10.3 Å². The van der Waals surface area contributed by atoms with Crippen LogP contribution < -0.4 is 10.2 Å². The molecule has 0 amide bonds. The molecule has 0 fully saturated rings. The van der Waals surface area contributed by atoms with Gasteiger partial charge < -0.3 is 14.6 Å². The summed E-state index contributed by atoms with van der Waals surface area (Å²) in [7, 11) is 2.04. The first-order valence-electron chi connectivity index (χ1n) is 6.61. The number of aromatic nitrogens is 1. The maximum atomic E-state index is 5.58. The number of nitrogens with zero attached hydrogens (tertiary/aromatic N) is 2. The fourth-order valence-electron chi connectivity index (χ4n) is 1.82. The van der Waals surface area contributed by atoms with Crippen molar-refractivity contribution in [2.24, 2.45) is 0 Å². The van der Waals surface area contributed by atoms with E-state index >= 15 is 0 Å². The number of aryl methyl sites for hydroxylation is 1. The zero-order valence-electron chi connectivity index (χ0n) is 11.8. The molecule has 19 heavy (non-hydrogen) atoms. The minimum Gasteiger partial charge on any atom is -0.464 e. The van der Waals surface area contributed by atoms with Crippen molar-refractivity contribution in [1.29, 1.82) is 0 Å². The Kier molecular flexibility index (Phi) is 4.99. The molecule has 0 unspecified atom stereocenters. The van der Waals surface area contributed by atoms with E-state index < -0.39 is 0 Å². The molecule has 0 aromatic carbocycles. The van der Waals surface area contributed by atoms with Crippen LogP contribution >= 0.6 is 11.3 Å². The molecule has 2 aromatic rings. The van der Waals surface area contributed by atoms with Gasteiger partial charge in [-0.2, -0.15) is 0 Å². The molecule has 0 aliphatic carbocycles. The van der Waals surface area contributed by atoms with Gasteiger partial charge in [0.05, 0.1) is 6.54 Å². The first-order valence-corrected chi connectivity index (χ1v) is 7.42. The van der Waals surface area contributed by atoms with E-state index in [4.69, 9.17) is 4.42 Å². The number of thiazole rings is 1. The van der Waals surface area contributed by atoms with Crippen LogP contribution in [0.2, 0.25) is 0 Å². The monoisotopic (exact) mass is 279 g/mol. The molecule has 0 aliphatic rings. The van der Waals surface area contributed by atoms with Crippen LogP contribution in [-0.2, 0) is 13.1 Å². The Morgan fingerprint density at radius 3 is 2.95 bits per heavy atom. The quantitative estimate of drug-likeness (QED) is 0.790. The Balaban J connectivity index is 1.90. The Morgan fingerprint density at radius 1 is 1.42 bits per heavy atom. The van der Waals surface area contributed by atoms with Gasteiger partial charge in [0.15, 0.2) is 5.13 Å². The minimum absolute atomic E-state index is 0.753. The number of nitrogens with one attached hydrogen (secondary N) is 1. The molecule has 0 saturated heterocycles. The van der Waals surface area contributed by atoms with Crippen LogP contribution in [0.15, 0.2) is 22.7 Å². The van der Waals surface area contributed by atoms with Crippen LogP contribution in [0.5, 0.6) is 0 Å². The maximum Gasteiger partial charge on any atom is 0.185 e. The second-order valence-corrected chi connectivity index (χ2v) is 5.75. The smallest absolute Gasteiger partial charge is 0.185 e. The molecule has 2 aromatic heterocycles. The lowest BCUT2D eigenvalue weighted by molar-refractivity contribution is 0.481. The Labute approximate surface area is 118 Å². The van der Waals surface area contributed by atoms with Gasteiger partial charge in [0.1, 0.15) is 11.5 Å². The molecular formula is C14H21N3OS. The fourth-order valence-corrected chi connectivity index (χ4v) is 2.66. The SMILES string of the molecule is CCCNCc1cnc(N(C)Cc2ccc(C)o2)s1. The van der Waals surface area contributed by atoms with E-state index in [1.807, 2.05) is 32.3 Å². The molecule has 1 N–H and O–H groups in total. The van der Waals surface area contributed by atoms with Crippen LogP contribution in [-0.4, -0.2) is 18.6 Å². The van der Waals surface area contributed by atoms with Crippen molar-refractivity contribution < 1.29 is 4.42 Å². The summed E-state index contributed by atoms with van der Waals surface area (Å²) in [5.41, 5.74) is 0. The van der Waals surface area contributed by atoms with E-state index in [0.29, 0.717) is 0 Å². The van der Waals surface area contributed by atoms with Crippen molar-refractivity contribution in [2.45, 2.75) is 33.4 Å². The third kappa shape index (κ3) is 4.08. The normalized spacial score (nSPS) is 10.9. The van der Waals surface area contributed by atoms with Gasteiger partial charge >= 0.3 is 0 Å². The number of hydrogen-bond donors (Lipinski definition) is 1. The zero-order chi connectivity index (χ0) is 13.7. The molecule has 0 saturated carbocycles. The number of hydrogen-bond acceptors (Lipinski definition) is 5. The molecule has 0 bridgehead atoms. The lowest BCUT2D eigenvalue weighted by Crippen LogP contribution is -2.15. The lowest BCUT2D eigenvalue weighted by atomic mass is 10.4. The number of anilines is 1. The van der Waals surface area contributed by atoms with Crippen molar-refractivity contribution in [3.05, 3.63) is 34.7 Å². The molecule has 4 nitrogen and oxygen atoms in total. The van der Waals surface area contributed by atoms with Gasteiger partial charge in [-0.25, -0.2) is 4.98 Å². The fraction of sp³-hybridized carbons (Fsp3) is 0.500. The van der Waals surface area contributed by atoms with Crippen LogP contribution in [0, 0.1) is 6.92 Å². The highest BCUT2D eigenvalue weighted by molar-refractivity contribution is 7.15. The van der Waals surface area contributed by atoms with E-state index in [9.17, 15) is 0 Å². The molecule has 0 spiro atoms. The summed E-state index contributed by atoms with van der Waals surface area (Å²) in [5, 5.41) is 4.42. The summed E-state index contributed by atoms with van der Waals surface area (Å²) in [6.45, 7) is 6.84. The van der Waals surface area contributed by atoms with E-state index in [-0.39, 0.29) is 0 Å². The van der Waals surface area contributed by atoms with Gasteiger partial charge in [-0.05, 0) is 32.0 Å². The van der Waals surface area contributed by atoms with Gasteiger partial charge in [0.2, 0.25) is 0 Å². The van der Waals surface area contributed by atoms with Gasteiger partial charge in [0, 0.05) is 24.7 Å². The molecule has 2 heterocycles. The summed E-state index contributed by atoms with van der Waals surface area (Å²) in [4.78, 5) is 7.85. The van der Waals surface area contributed by atoms with Crippen LogP contribution in [0.25, 0.3) is 0 Å². The van der Waals surface area contributed by atoms with Crippen molar-refractivity contribution in [2.75, 3.05) is 18.5 Å². The molecule has 0 radical (unpaired) electrons. The molecule has 2 rings (SSSR count). The highest BCUT2D eigenvalue weighted by Crippen LogP contribution is 2.23. The molecule has 0 atom stereocenters. The predicted molar refractivity (Wildman–Crippen MR) is 79.7 cm³/mol. The summed E-state index contributed by atoms with van der Waals surface area (Å²) < 4.78 is 5.58. The van der Waals surface area contributed by atoms with Gasteiger partial charge in [-0.3, -0.25) is 0 Å². The highest BCUT2D eigenvalue weighted by Gasteiger charge is 2.09. The highest BCUT2D eigenvalue weighted by atomic mass is 32.1. The first kappa shape index (κ1) is 14.1. The Morgan fingerprint density at radius 2 is 2.26 bits per heavy atom. The van der Waals surface area contributed by atoms with Gasteiger partial charge in [-0.1, -0.05) is 6.92 Å². The summed E-state index contributed by atoms with van der Waals surface area (Å²) in [6.07, 6.45) is 3.11. The molecule has 0 aliphatic heterocycles.